The Balaban J connectivity index is 1.53. The quantitative estimate of drug-likeness (QED) is 0.568. The number of rotatable bonds is 5. The van der Waals surface area contributed by atoms with Crippen LogP contribution >= 0.6 is 0 Å². The molecule has 0 aliphatic carbocycles. The first-order valence-electron chi connectivity index (χ1n) is 11.8. The van der Waals surface area contributed by atoms with Crippen molar-refractivity contribution in [1.82, 2.24) is 9.97 Å². The van der Waals surface area contributed by atoms with Crippen LogP contribution in [0.2, 0.25) is 0 Å². The molecular formula is C26H29N7O3. The molecular weight excluding hydrogens is 458 g/mol. The van der Waals surface area contributed by atoms with Crippen molar-refractivity contribution in [3.8, 4) is 22.6 Å². The average Bonchev–Trinajstić information content (AvgIpc) is 3.24. The summed E-state index contributed by atoms with van der Waals surface area (Å²) in [5, 5.41) is 0. The zero-order valence-corrected chi connectivity index (χ0v) is 20.3. The summed E-state index contributed by atoms with van der Waals surface area (Å²) in [6, 6.07) is 15.8. The summed E-state index contributed by atoms with van der Waals surface area (Å²) in [6.45, 7) is 1.58. The molecule has 10 nitrogen and oxygen atoms in total. The van der Waals surface area contributed by atoms with Crippen molar-refractivity contribution in [2.24, 2.45) is 11.5 Å². The third kappa shape index (κ3) is 4.67. The number of carbonyl (C=O) groups excluding carboxylic acids is 2. The molecule has 36 heavy (non-hydrogen) atoms. The molecule has 4 amide bonds. The fourth-order valence-corrected chi connectivity index (χ4v) is 4.62. The fourth-order valence-electron chi connectivity index (χ4n) is 4.62. The second kappa shape index (κ2) is 9.46. The van der Waals surface area contributed by atoms with E-state index in [2.05, 4.69) is 4.90 Å². The van der Waals surface area contributed by atoms with Gasteiger partial charge in [0.25, 0.3) is 0 Å². The number of benzene rings is 2. The number of hydrogen-bond acceptors (Lipinski definition) is 6. The van der Waals surface area contributed by atoms with Crippen LogP contribution in [-0.2, 0) is 4.74 Å². The number of fused-ring (bicyclic) bond motifs is 2. The van der Waals surface area contributed by atoms with Gasteiger partial charge in [-0.05, 0) is 49.2 Å². The van der Waals surface area contributed by atoms with Crippen molar-refractivity contribution in [3.05, 3.63) is 54.6 Å². The number of hydrogen-bond donors (Lipinski definition) is 2. The predicted molar refractivity (Wildman–Crippen MR) is 139 cm³/mol. The van der Waals surface area contributed by atoms with Crippen molar-refractivity contribution >= 4 is 29.3 Å². The monoisotopic (exact) mass is 487 g/mol. The van der Waals surface area contributed by atoms with Crippen LogP contribution in [0.25, 0.3) is 22.6 Å². The molecule has 2 aromatic carbocycles. The van der Waals surface area contributed by atoms with E-state index in [1.807, 2.05) is 54.6 Å². The molecule has 4 N–H and O–H groups in total. The molecule has 2 aliphatic rings. The number of morpholine rings is 1. The third-order valence-electron chi connectivity index (χ3n) is 6.80. The summed E-state index contributed by atoms with van der Waals surface area (Å²) in [7, 11) is 3.25. The zero-order valence-electron chi connectivity index (χ0n) is 20.3. The van der Waals surface area contributed by atoms with E-state index in [1.54, 1.807) is 14.1 Å². The minimum absolute atomic E-state index is 0.220. The highest BCUT2D eigenvalue weighted by molar-refractivity contribution is 5.91. The van der Waals surface area contributed by atoms with Gasteiger partial charge in [-0.15, -0.1) is 0 Å². The number of nitrogens with zero attached hydrogens (tertiary/aromatic N) is 5. The summed E-state index contributed by atoms with van der Waals surface area (Å²) < 4.78 is 6.02. The van der Waals surface area contributed by atoms with E-state index < -0.39 is 12.1 Å². The lowest BCUT2D eigenvalue weighted by Crippen LogP contribution is -2.43. The number of urea groups is 2. The molecule has 2 atom stereocenters. The van der Waals surface area contributed by atoms with Gasteiger partial charge in [0.05, 0.1) is 17.9 Å². The average molecular weight is 488 g/mol. The van der Waals surface area contributed by atoms with Crippen LogP contribution < -0.4 is 26.2 Å². The molecule has 3 aromatic rings. The molecule has 2 saturated heterocycles. The van der Waals surface area contributed by atoms with Crippen LogP contribution in [0.4, 0.5) is 26.8 Å². The van der Waals surface area contributed by atoms with E-state index in [4.69, 9.17) is 26.2 Å². The van der Waals surface area contributed by atoms with Gasteiger partial charge in [-0.1, -0.05) is 12.1 Å². The first kappa shape index (κ1) is 23.6. The summed E-state index contributed by atoms with van der Waals surface area (Å²) in [4.78, 5) is 37.8. The Labute approximate surface area is 209 Å². The Morgan fingerprint density at radius 1 is 0.833 bits per heavy atom. The van der Waals surface area contributed by atoms with Gasteiger partial charge in [0.15, 0.2) is 5.82 Å². The highest BCUT2D eigenvalue weighted by Gasteiger charge is 2.34. The van der Waals surface area contributed by atoms with E-state index in [9.17, 15) is 9.59 Å². The number of aromatic nitrogens is 2. The normalized spacial score (nSPS) is 18.7. The maximum absolute atomic E-state index is 11.5. The maximum atomic E-state index is 11.5. The second-order valence-corrected chi connectivity index (χ2v) is 9.19. The summed E-state index contributed by atoms with van der Waals surface area (Å²) >= 11 is 0. The SMILES string of the molecule is CN(C(N)=O)c1ccc(-c2cc(N3CC4CCC(C3)O4)nc(-c3ccc(N(C)C(N)=O)cc3)n2)cc1. The molecule has 2 fully saturated rings. The van der Waals surface area contributed by atoms with Gasteiger partial charge in [0.2, 0.25) is 0 Å². The zero-order chi connectivity index (χ0) is 25.4. The first-order valence-corrected chi connectivity index (χ1v) is 11.8. The van der Waals surface area contributed by atoms with Gasteiger partial charge in [-0.25, -0.2) is 19.6 Å². The Hall–Kier alpha value is -4.18. The van der Waals surface area contributed by atoms with Gasteiger partial charge in [-0.3, -0.25) is 9.80 Å². The van der Waals surface area contributed by atoms with Crippen LogP contribution in [0.1, 0.15) is 12.8 Å². The largest absolute Gasteiger partial charge is 0.371 e. The number of amides is 4. The summed E-state index contributed by atoms with van der Waals surface area (Å²) in [5.41, 5.74) is 14.6. The minimum Gasteiger partial charge on any atom is -0.371 e. The molecule has 2 bridgehead atoms. The maximum Gasteiger partial charge on any atom is 0.318 e. The number of carbonyl (C=O) groups is 2. The number of nitrogens with two attached hydrogens (primary N) is 2. The molecule has 3 heterocycles. The second-order valence-electron chi connectivity index (χ2n) is 9.19. The molecule has 0 spiro atoms. The van der Waals surface area contributed by atoms with Crippen molar-refractivity contribution in [2.45, 2.75) is 25.0 Å². The summed E-state index contributed by atoms with van der Waals surface area (Å²) in [5.74, 6) is 1.42. The first-order chi connectivity index (χ1) is 17.3. The Morgan fingerprint density at radius 2 is 1.33 bits per heavy atom. The Kier molecular flexibility index (Phi) is 6.19. The van der Waals surface area contributed by atoms with Crippen LogP contribution in [0.5, 0.6) is 0 Å². The van der Waals surface area contributed by atoms with Crippen LogP contribution in [0, 0.1) is 0 Å². The topological polar surface area (TPSA) is 131 Å². The van der Waals surface area contributed by atoms with Gasteiger partial charge in [-0.2, -0.15) is 0 Å². The smallest absolute Gasteiger partial charge is 0.318 e. The fraction of sp³-hybridized carbons (Fsp3) is 0.308. The van der Waals surface area contributed by atoms with Crippen molar-refractivity contribution in [2.75, 3.05) is 41.9 Å². The molecule has 186 valence electrons. The van der Waals surface area contributed by atoms with Crippen molar-refractivity contribution in [1.29, 1.82) is 0 Å². The van der Waals surface area contributed by atoms with Gasteiger partial charge < -0.3 is 21.1 Å². The van der Waals surface area contributed by atoms with Crippen molar-refractivity contribution < 1.29 is 14.3 Å². The standard InChI is InChI=1S/C26H29N7O3/c1-31(25(27)34)18-7-3-16(4-8-18)22-13-23(33-14-20-11-12-21(15-33)36-20)30-24(29-22)17-5-9-19(10-6-17)32(2)26(28)35/h3-10,13,20-21H,11-12,14-15H2,1-2H3,(H2,27,34)(H2,28,35). The van der Waals surface area contributed by atoms with E-state index in [-0.39, 0.29) is 12.2 Å². The van der Waals surface area contributed by atoms with E-state index in [0.29, 0.717) is 17.2 Å². The highest BCUT2D eigenvalue weighted by Crippen LogP contribution is 2.32. The minimum atomic E-state index is -0.532. The van der Waals surface area contributed by atoms with E-state index >= 15 is 0 Å². The van der Waals surface area contributed by atoms with Gasteiger partial charge in [0.1, 0.15) is 5.82 Å². The van der Waals surface area contributed by atoms with Crippen molar-refractivity contribution in [3.63, 3.8) is 0 Å². The third-order valence-corrected chi connectivity index (χ3v) is 6.80. The molecule has 5 rings (SSSR count). The lowest BCUT2D eigenvalue weighted by molar-refractivity contribution is 0.0302. The number of ether oxygens (including phenoxy) is 1. The molecule has 1 aromatic heterocycles. The van der Waals surface area contributed by atoms with Crippen LogP contribution in [0.15, 0.2) is 54.6 Å². The van der Waals surface area contributed by atoms with Crippen LogP contribution in [-0.4, -0.2) is 61.4 Å². The molecule has 0 radical (unpaired) electrons. The molecule has 10 heteroatoms. The predicted octanol–water partition coefficient (Wildman–Crippen LogP) is 3.21. The molecule has 2 aliphatic heterocycles. The number of anilines is 3. The Bertz CT molecular complexity index is 1190. The van der Waals surface area contributed by atoms with Gasteiger partial charge >= 0.3 is 12.1 Å². The lowest BCUT2D eigenvalue weighted by Gasteiger charge is -2.33. The number of primary amides is 2. The van der Waals surface area contributed by atoms with Gasteiger partial charge in [0, 0.05) is 55.8 Å². The summed E-state index contributed by atoms with van der Waals surface area (Å²) in [6.07, 6.45) is 2.57. The Morgan fingerprint density at radius 3 is 1.83 bits per heavy atom. The van der Waals surface area contributed by atoms with Crippen LogP contribution in [0.3, 0.4) is 0 Å². The molecule has 0 saturated carbocycles. The van der Waals surface area contributed by atoms with E-state index in [1.165, 1.54) is 9.80 Å². The molecule has 2 unspecified atom stereocenters. The lowest BCUT2D eigenvalue weighted by atomic mass is 10.1. The highest BCUT2D eigenvalue weighted by atomic mass is 16.5. The van der Waals surface area contributed by atoms with E-state index in [0.717, 1.165) is 48.6 Å².